The number of ketones is 1. The molecule has 2 heterocycles. The summed E-state index contributed by atoms with van der Waals surface area (Å²) in [6.07, 6.45) is 3.27. The van der Waals surface area contributed by atoms with Crippen LogP contribution in [0.3, 0.4) is 0 Å². The van der Waals surface area contributed by atoms with Gasteiger partial charge in [-0.05, 0) is 35.9 Å². The molecule has 0 spiro atoms. The number of rotatable bonds is 3. The van der Waals surface area contributed by atoms with E-state index in [0.717, 1.165) is 22.2 Å². The van der Waals surface area contributed by atoms with Crippen molar-refractivity contribution in [1.82, 2.24) is 4.98 Å². The molecule has 2 aromatic carbocycles. The summed E-state index contributed by atoms with van der Waals surface area (Å²) in [7, 11) is 0. The molecule has 0 saturated heterocycles. The van der Waals surface area contributed by atoms with Gasteiger partial charge in [-0.3, -0.25) is 4.79 Å². The molecule has 112 valence electrons. The van der Waals surface area contributed by atoms with Crippen molar-refractivity contribution in [2.45, 2.75) is 0 Å². The number of allylic oxidation sites excluding steroid dienone is 1. The zero-order valence-corrected chi connectivity index (χ0v) is 12.2. The van der Waals surface area contributed by atoms with Gasteiger partial charge in [0.1, 0.15) is 5.69 Å². The average Bonchev–Trinajstić information content (AvgIpc) is 3.07. The van der Waals surface area contributed by atoms with Gasteiger partial charge in [-0.25, -0.2) is 4.98 Å². The summed E-state index contributed by atoms with van der Waals surface area (Å²) in [6, 6.07) is 16.9. The van der Waals surface area contributed by atoms with Crippen LogP contribution >= 0.6 is 0 Å². The highest BCUT2D eigenvalue weighted by Gasteiger charge is 2.12. The van der Waals surface area contributed by atoms with Crippen molar-refractivity contribution in [3.8, 4) is 11.5 Å². The number of ether oxygens (including phenoxy) is 2. The number of fused-ring (bicyclic) bond motifs is 2. The third kappa shape index (κ3) is 2.66. The van der Waals surface area contributed by atoms with E-state index in [2.05, 4.69) is 4.98 Å². The summed E-state index contributed by atoms with van der Waals surface area (Å²) >= 11 is 0. The van der Waals surface area contributed by atoms with E-state index in [1.165, 1.54) is 6.08 Å². The minimum absolute atomic E-state index is 0.131. The summed E-state index contributed by atoms with van der Waals surface area (Å²) in [5.41, 5.74) is 2.12. The lowest BCUT2D eigenvalue weighted by Gasteiger charge is -2.00. The molecule has 0 fully saturated rings. The highest BCUT2D eigenvalue weighted by atomic mass is 16.7. The number of hydrogen-bond acceptors (Lipinski definition) is 4. The summed E-state index contributed by atoms with van der Waals surface area (Å²) < 4.78 is 10.6. The van der Waals surface area contributed by atoms with Gasteiger partial charge in [-0.2, -0.15) is 0 Å². The van der Waals surface area contributed by atoms with Crippen molar-refractivity contribution in [2.24, 2.45) is 0 Å². The first-order chi connectivity index (χ1) is 11.3. The largest absolute Gasteiger partial charge is 0.454 e. The van der Waals surface area contributed by atoms with Crippen LogP contribution in [-0.4, -0.2) is 17.6 Å². The van der Waals surface area contributed by atoms with Gasteiger partial charge in [0.15, 0.2) is 11.5 Å². The van der Waals surface area contributed by atoms with Gasteiger partial charge in [-0.1, -0.05) is 36.4 Å². The van der Waals surface area contributed by atoms with Crippen LogP contribution in [-0.2, 0) is 0 Å². The van der Waals surface area contributed by atoms with Gasteiger partial charge in [0, 0.05) is 5.39 Å². The number of pyridine rings is 1. The fourth-order valence-corrected chi connectivity index (χ4v) is 2.48. The summed E-state index contributed by atoms with van der Waals surface area (Å²) in [5, 5.41) is 1.02. The predicted octanol–water partition coefficient (Wildman–Crippen LogP) is 3.86. The van der Waals surface area contributed by atoms with E-state index in [9.17, 15) is 4.79 Å². The fraction of sp³-hybridized carbons (Fsp3) is 0.0526. The number of carbonyl (C=O) groups is 1. The van der Waals surface area contributed by atoms with Gasteiger partial charge >= 0.3 is 0 Å². The molecule has 0 saturated carbocycles. The Labute approximate surface area is 133 Å². The van der Waals surface area contributed by atoms with Crippen LogP contribution in [0, 0.1) is 0 Å². The Morgan fingerprint density at radius 1 is 1.00 bits per heavy atom. The molecule has 0 bridgehead atoms. The van der Waals surface area contributed by atoms with Gasteiger partial charge in [0.05, 0.1) is 5.52 Å². The predicted molar refractivity (Wildman–Crippen MR) is 87.7 cm³/mol. The van der Waals surface area contributed by atoms with Crippen molar-refractivity contribution < 1.29 is 14.3 Å². The Bertz CT molecular complexity index is 931. The normalized spacial score (nSPS) is 12.9. The molecule has 1 aliphatic heterocycles. The van der Waals surface area contributed by atoms with E-state index >= 15 is 0 Å². The lowest BCUT2D eigenvalue weighted by Crippen LogP contribution is -1.98. The molecule has 4 rings (SSSR count). The molecule has 3 aromatic rings. The number of nitrogens with zero attached hydrogens (tertiary/aromatic N) is 1. The highest BCUT2D eigenvalue weighted by Crippen LogP contribution is 2.32. The van der Waals surface area contributed by atoms with Gasteiger partial charge < -0.3 is 9.47 Å². The monoisotopic (exact) mass is 303 g/mol. The van der Waals surface area contributed by atoms with Crippen LogP contribution in [0.1, 0.15) is 16.1 Å². The number of benzene rings is 2. The van der Waals surface area contributed by atoms with Crippen LogP contribution in [0.2, 0.25) is 0 Å². The molecule has 0 radical (unpaired) electrons. The zero-order valence-electron chi connectivity index (χ0n) is 12.2. The SMILES string of the molecule is O=C(C=Cc1ccc2c(c1)OCO2)c1ccc2ccccc2n1. The van der Waals surface area contributed by atoms with Crippen molar-refractivity contribution in [3.63, 3.8) is 0 Å². The third-order valence-electron chi connectivity index (χ3n) is 3.67. The molecule has 0 N–H and O–H groups in total. The van der Waals surface area contributed by atoms with Crippen LogP contribution in [0.15, 0.2) is 60.7 Å². The molecule has 4 nitrogen and oxygen atoms in total. The molecular weight excluding hydrogens is 290 g/mol. The Balaban J connectivity index is 1.58. The molecule has 0 atom stereocenters. The molecule has 0 amide bonds. The number of hydrogen-bond donors (Lipinski definition) is 0. The van der Waals surface area contributed by atoms with Gasteiger partial charge in [0.2, 0.25) is 12.6 Å². The lowest BCUT2D eigenvalue weighted by atomic mass is 10.1. The minimum Gasteiger partial charge on any atom is -0.454 e. The number of carbonyl (C=O) groups excluding carboxylic acids is 1. The molecule has 23 heavy (non-hydrogen) atoms. The first-order valence-corrected chi connectivity index (χ1v) is 7.27. The average molecular weight is 303 g/mol. The van der Waals surface area contributed by atoms with Crippen molar-refractivity contribution >= 4 is 22.8 Å². The molecule has 1 aliphatic rings. The number of para-hydroxylation sites is 1. The van der Waals surface area contributed by atoms with Gasteiger partial charge in [-0.15, -0.1) is 0 Å². The Morgan fingerprint density at radius 3 is 2.83 bits per heavy atom. The second kappa shape index (κ2) is 5.57. The summed E-state index contributed by atoms with van der Waals surface area (Å²) in [6.45, 7) is 0.239. The molecule has 0 aliphatic carbocycles. The van der Waals surface area contributed by atoms with E-state index in [0.29, 0.717) is 11.4 Å². The number of aromatic nitrogens is 1. The lowest BCUT2D eigenvalue weighted by molar-refractivity contribution is 0.104. The van der Waals surface area contributed by atoms with E-state index in [1.54, 1.807) is 12.1 Å². The summed E-state index contributed by atoms with van der Waals surface area (Å²) in [4.78, 5) is 16.7. The zero-order chi connectivity index (χ0) is 15.6. The topological polar surface area (TPSA) is 48.4 Å². The van der Waals surface area contributed by atoms with Crippen LogP contribution < -0.4 is 9.47 Å². The standard InChI is InChI=1S/C19H13NO3/c21-17(16-8-7-14-3-1-2-4-15(14)20-16)9-5-13-6-10-18-19(11-13)23-12-22-18/h1-11H,12H2. The van der Waals surface area contributed by atoms with E-state index < -0.39 is 0 Å². The van der Waals surface area contributed by atoms with Crippen LogP contribution in [0.5, 0.6) is 11.5 Å². The van der Waals surface area contributed by atoms with Crippen molar-refractivity contribution in [2.75, 3.05) is 6.79 Å². The first kappa shape index (κ1) is 13.5. The second-order valence-corrected chi connectivity index (χ2v) is 5.20. The van der Waals surface area contributed by atoms with Crippen LogP contribution in [0.4, 0.5) is 0 Å². The fourth-order valence-electron chi connectivity index (χ4n) is 2.48. The van der Waals surface area contributed by atoms with Crippen molar-refractivity contribution in [1.29, 1.82) is 0 Å². The maximum Gasteiger partial charge on any atom is 0.231 e. The van der Waals surface area contributed by atoms with Crippen LogP contribution in [0.25, 0.3) is 17.0 Å². The van der Waals surface area contributed by atoms with Gasteiger partial charge in [0.25, 0.3) is 0 Å². The molecule has 0 unspecified atom stereocenters. The van der Waals surface area contributed by atoms with E-state index in [4.69, 9.17) is 9.47 Å². The second-order valence-electron chi connectivity index (χ2n) is 5.20. The highest BCUT2D eigenvalue weighted by molar-refractivity contribution is 6.06. The molecule has 1 aromatic heterocycles. The smallest absolute Gasteiger partial charge is 0.231 e. The maximum atomic E-state index is 12.3. The van der Waals surface area contributed by atoms with E-state index in [-0.39, 0.29) is 12.6 Å². The quantitative estimate of drug-likeness (QED) is 0.544. The Hall–Kier alpha value is -3.14. The molecular formula is C19H13NO3. The summed E-state index contributed by atoms with van der Waals surface area (Å²) in [5.74, 6) is 1.29. The Morgan fingerprint density at radius 2 is 1.87 bits per heavy atom. The first-order valence-electron chi connectivity index (χ1n) is 7.27. The van der Waals surface area contributed by atoms with E-state index in [1.807, 2.05) is 48.5 Å². The maximum absolute atomic E-state index is 12.3. The third-order valence-corrected chi connectivity index (χ3v) is 3.67. The Kier molecular flexibility index (Phi) is 3.27. The minimum atomic E-state index is -0.131. The van der Waals surface area contributed by atoms with Crippen molar-refractivity contribution in [3.05, 3.63) is 71.9 Å². The molecule has 4 heteroatoms.